The summed E-state index contributed by atoms with van der Waals surface area (Å²) in [7, 11) is 0. The second-order valence-corrected chi connectivity index (χ2v) is 4.44. The van der Waals surface area contributed by atoms with Crippen molar-refractivity contribution in [2.45, 2.75) is 26.2 Å². The summed E-state index contributed by atoms with van der Waals surface area (Å²) in [6, 6.07) is 5.72. The molecule has 0 bridgehead atoms. The first-order valence-corrected chi connectivity index (χ1v) is 5.90. The largest absolute Gasteiger partial charge is 0.445 e. The van der Waals surface area contributed by atoms with E-state index in [9.17, 15) is 4.79 Å². The van der Waals surface area contributed by atoms with Gasteiger partial charge in [0.05, 0.1) is 5.69 Å². The molecule has 15 heavy (non-hydrogen) atoms. The van der Waals surface area contributed by atoms with Gasteiger partial charge in [-0.2, -0.15) is 0 Å². The number of rotatable bonds is 4. The lowest BCUT2D eigenvalue weighted by molar-refractivity contribution is -0.142. The van der Waals surface area contributed by atoms with Crippen molar-refractivity contribution in [3.05, 3.63) is 29.6 Å². The van der Waals surface area contributed by atoms with Crippen LogP contribution in [-0.4, -0.2) is 16.7 Å². The highest BCUT2D eigenvalue weighted by Gasteiger charge is 2.15. The maximum absolute atomic E-state index is 10.9. The first-order chi connectivity index (χ1) is 7.13. The Morgan fingerprint density at radius 1 is 1.60 bits per heavy atom. The Kier molecular flexibility index (Phi) is 4.62. The molecule has 1 unspecified atom stereocenters. The van der Waals surface area contributed by atoms with E-state index in [4.69, 9.17) is 4.74 Å². The standard InChI is InChI=1S/C11H15NO2S/c1-4-15-11(14-9(3)13)10-7-5-6-8(2)12-10/h5-7,11H,4H2,1-3H3. The Morgan fingerprint density at radius 3 is 2.87 bits per heavy atom. The minimum Gasteiger partial charge on any atom is -0.445 e. The minimum atomic E-state index is -0.285. The maximum Gasteiger partial charge on any atom is 0.304 e. The van der Waals surface area contributed by atoms with E-state index in [1.807, 2.05) is 32.0 Å². The number of aryl methyl sites for hydroxylation is 1. The molecule has 0 amide bonds. The first kappa shape index (κ1) is 12.0. The van der Waals surface area contributed by atoms with Crippen molar-refractivity contribution < 1.29 is 9.53 Å². The Morgan fingerprint density at radius 2 is 2.33 bits per heavy atom. The fraction of sp³-hybridized carbons (Fsp3) is 0.455. The number of carbonyl (C=O) groups excluding carboxylic acids is 1. The van der Waals surface area contributed by atoms with Crippen molar-refractivity contribution in [1.82, 2.24) is 4.98 Å². The Labute approximate surface area is 94.2 Å². The second kappa shape index (κ2) is 5.75. The Balaban J connectivity index is 2.83. The van der Waals surface area contributed by atoms with Gasteiger partial charge in [0.15, 0.2) is 5.44 Å². The molecule has 0 saturated heterocycles. The van der Waals surface area contributed by atoms with Gasteiger partial charge in [-0.05, 0) is 24.8 Å². The molecule has 1 aromatic heterocycles. The average Bonchev–Trinajstić information content (AvgIpc) is 2.16. The average molecular weight is 225 g/mol. The van der Waals surface area contributed by atoms with E-state index in [-0.39, 0.29) is 11.4 Å². The highest BCUT2D eigenvalue weighted by Crippen LogP contribution is 2.28. The Hall–Kier alpha value is -1.03. The summed E-state index contributed by atoms with van der Waals surface area (Å²) >= 11 is 1.56. The van der Waals surface area contributed by atoms with Crippen molar-refractivity contribution >= 4 is 17.7 Å². The normalized spacial score (nSPS) is 12.2. The highest BCUT2D eigenvalue weighted by molar-refractivity contribution is 7.99. The van der Waals surface area contributed by atoms with Crippen LogP contribution >= 0.6 is 11.8 Å². The SMILES string of the molecule is CCSC(OC(C)=O)c1cccc(C)n1. The van der Waals surface area contributed by atoms with Gasteiger partial charge in [0.1, 0.15) is 0 Å². The van der Waals surface area contributed by atoms with Crippen molar-refractivity contribution in [2.75, 3.05) is 5.75 Å². The van der Waals surface area contributed by atoms with E-state index in [0.717, 1.165) is 17.1 Å². The summed E-state index contributed by atoms with van der Waals surface area (Å²) in [5, 5.41) is 0. The van der Waals surface area contributed by atoms with Crippen LogP contribution in [0.2, 0.25) is 0 Å². The molecule has 0 saturated carbocycles. The van der Waals surface area contributed by atoms with E-state index < -0.39 is 0 Å². The quantitative estimate of drug-likeness (QED) is 0.583. The zero-order valence-corrected chi connectivity index (χ0v) is 10.0. The molecule has 1 heterocycles. The van der Waals surface area contributed by atoms with Crippen LogP contribution in [0, 0.1) is 6.92 Å². The van der Waals surface area contributed by atoms with E-state index in [1.165, 1.54) is 6.92 Å². The topological polar surface area (TPSA) is 39.2 Å². The van der Waals surface area contributed by atoms with E-state index in [2.05, 4.69) is 4.98 Å². The lowest BCUT2D eigenvalue weighted by Crippen LogP contribution is -2.07. The monoisotopic (exact) mass is 225 g/mol. The van der Waals surface area contributed by atoms with Gasteiger partial charge in [0.25, 0.3) is 0 Å². The van der Waals surface area contributed by atoms with E-state index in [0.29, 0.717) is 0 Å². The molecule has 0 radical (unpaired) electrons. The van der Waals surface area contributed by atoms with Gasteiger partial charge in [-0.15, -0.1) is 11.8 Å². The van der Waals surface area contributed by atoms with Gasteiger partial charge in [0.2, 0.25) is 0 Å². The van der Waals surface area contributed by atoms with Gasteiger partial charge in [-0.25, -0.2) is 0 Å². The summed E-state index contributed by atoms with van der Waals surface area (Å²) in [4.78, 5) is 15.3. The summed E-state index contributed by atoms with van der Waals surface area (Å²) < 4.78 is 5.19. The third-order valence-electron chi connectivity index (χ3n) is 1.74. The Bertz CT molecular complexity index is 341. The number of esters is 1. The highest BCUT2D eigenvalue weighted by atomic mass is 32.2. The third kappa shape index (κ3) is 3.91. The van der Waals surface area contributed by atoms with Crippen LogP contribution in [0.25, 0.3) is 0 Å². The molecule has 1 aromatic rings. The van der Waals surface area contributed by atoms with Crippen LogP contribution in [0.3, 0.4) is 0 Å². The summed E-state index contributed by atoms with van der Waals surface area (Å²) in [6.45, 7) is 5.36. The summed E-state index contributed by atoms with van der Waals surface area (Å²) in [6.07, 6.45) is 0. The molecule has 0 aliphatic carbocycles. The van der Waals surface area contributed by atoms with E-state index in [1.54, 1.807) is 11.8 Å². The number of thioether (sulfide) groups is 1. The molecule has 4 heteroatoms. The van der Waals surface area contributed by atoms with Gasteiger partial charge < -0.3 is 4.74 Å². The van der Waals surface area contributed by atoms with Crippen LogP contribution in [-0.2, 0) is 9.53 Å². The molecule has 0 spiro atoms. The van der Waals surface area contributed by atoms with Gasteiger partial charge in [0, 0.05) is 12.6 Å². The number of ether oxygens (including phenoxy) is 1. The number of hydrogen-bond acceptors (Lipinski definition) is 4. The molecule has 0 aliphatic heterocycles. The van der Waals surface area contributed by atoms with Crippen molar-refractivity contribution in [3.63, 3.8) is 0 Å². The van der Waals surface area contributed by atoms with Crippen LogP contribution in [0.1, 0.15) is 30.7 Å². The molecule has 1 rings (SSSR count). The molecule has 0 aromatic carbocycles. The fourth-order valence-electron chi connectivity index (χ4n) is 1.18. The van der Waals surface area contributed by atoms with Gasteiger partial charge >= 0.3 is 5.97 Å². The zero-order chi connectivity index (χ0) is 11.3. The molecule has 0 aliphatic rings. The molecule has 82 valence electrons. The van der Waals surface area contributed by atoms with E-state index >= 15 is 0 Å². The minimum absolute atomic E-state index is 0.274. The maximum atomic E-state index is 10.9. The number of carbonyl (C=O) groups is 1. The predicted octanol–water partition coefficient (Wildman–Crippen LogP) is 2.70. The zero-order valence-electron chi connectivity index (χ0n) is 9.19. The summed E-state index contributed by atoms with van der Waals surface area (Å²) in [5.74, 6) is 0.609. The van der Waals surface area contributed by atoms with Crippen LogP contribution < -0.4 is 0 Å². The van der Waals surface area contributed by atoms with Gasteiger partial charge in [-0.3, -0.25) is 9.78 Å². The first-order valence-electron chi connectivity index (χ1n) is 4.86. The third-order valence-corrected chi connectivity index (χ3v) is 2.72. The predicted molar refractivity (Wildman–Crippen MR) is 61.6 cm³/mol. The van der Waals surface area contributed by atoms with Crippen molar-refractivity contribution in [3.8, 4) is 0 Å². The van der Waals surface area contributed by atoms with Gasteiger partial charge in [-0.1, -0.05) is 13.0 Å². The van der Waals surface area contributed by atoms with Crippen molar-refractivity contribution in [1.29, 1.82) is 0 Å². The molecule has 1 atom stereocenters. The van der Waals surface area contributed by atoms with Crippen LogP contribution in [0.15, 0.2) is 18.2 Å². The smallest absolute Gasteiger partial charge is 0.304 e. The fourth-order valence-corrected chi connectivity index (χ4v) is 1.99. The lowest BCUT2D eigenvalue weighted by Gasteiger charge is -2.15. The van der Waals surface area contributed by atoms with Crippen LogP contribution in [0.4, 0.5) is 0 Å². The van der Waals surface area contributed by atoms with Crippen LogP contribution in [0.5, 0.6) is 0 Å². The number of hydrogen-bond donors (Lipinski definition) is 0. The molecule has 0 N–H and O–H groups in total. The number of pyridine rings is 1. The molecule has 3 nitrogen and oxygen atoms in total. The second-order valence-electron chi connectivity index (χ2n) is 3.10. The lowest BCUT2D eigenvalue weighted by atomic mass is 10.3. The number of aromatic nitrogens is 1. The molecular formula is C11H15NO2S. The van der Waals surface area contributed by atoms with Crippen molar-refractivity contribution in [2.24, 2.45) is 0 Å². The summed E-state index contributed by atoms with van der Waals surface area (Å²) in [5.41, 5.74) is 1.45. The molecular weight excluding hydrogens is 210 g/mol. The molecule has 0 fully saturated rings. The number of nitrogens with zero attached hydrogens (tertiary/aromatic N) is 1.